The molecule has 8 nitrogen and oxygen atoms in total. The molecule has 4 heterocycles. The number of nitrogens with two attached hydrogens (primary N) is 1. The summed E-state index contributed by atoms with van der Waals surface area (Å²) in [4.78, 5) is 12.9. The number of fused-ring (bicyclic) bond motifs is 1. The number of rotatable bonds is 4. The molecule has 0 spiro atoms. The van der Waals surface area contributed by atoms with Crippen LogP contribution in [-0.2, 0) is 0 Å². The molecule has 0 bridgehead atoms. The lowest BCUT2D eigenvalue weighted by Gasteiger charge is -2.10. The van der Waals surface area contributed by atoms with Crippen molar-refractivity contribution in [1.29, 1.82) is 0 Å². The third kappa shape index (κ3) is 2.60. The van der Waals surface area contributed by atoms with Crippen LogP contribution in [-0.4, -0.2) is 24.7 Å². The van der Waals surface area contributed by atoms with Gasteiger partial charge in [0.1, 0.15) is 0 Å². The van der Waals surface area contributed by atoms with Crippen molar-refractivity contribution in [2.75, 3.05) is 5.73 Å². The largest absolute Gasteiger partial charge is 0.439 e. The molecule has 4 aromatic rings. The van der Waals surface area contributed by atoms with E-state index in [0.717, 1.165) is 28.9 Å². The molecular formula is C17H16N6O2S. The van der Waals surface area contributed by atoms with Gasteiger partial charge in [0, 0.05) is 6.20 Å². The lowest BCUT2D eigenvalue weighted by atomic mass is 10.2. The minimum absolute atomic E-state index is 0.234. The van der Waals surface area contributed by atoms with E-state index in [9.17, 15) is 0 Å². The SMILES string of the molecule is Nc1ncc2c(-c3nc(Oc4cccs4)co3)nn(C3CCCC3)c2n1. The standard InChI is InChI=1S/C17H16N6O2S/c18-17-19-8-11-14(22-23(15(11)21-17)10-4-1-2-5-10)16-20-12(9-24-16)25-13-6-3-7-26-13/h3,6-10H,1-2,4-5H2,(H2,18,19,21). The van der Waals surface area contributed by atoms with Crippen LogP contribution in [0.3, 0.4) is 0 Å². The molecule has 1 saturated carbocycles. The van der Waals surface area contributed by atoms with Crippen LogP contribution in [0, 0.1) is 0 Å². The quantitative estimate of drug-likeness (QED) is 0.579. The van der Waals surface area contributed by atoms with Crippen LogP contribution < -0.4 is 10.5 Å². The van der Waals surface area contributed by atoms with E-state index in [1.54, 1.807) is 6.20 Å². The fourth-order valence-electron chi connectivity index (χ4n) is 3.34. The molecular weight excluding hydrogens is 352 g/mol. The molecule has 0 saturated heterocycles. The van der Waals surface area contributed by atoms with Gasteiger partial charge in [-0.05, 0) is 30.4 Å². The summed E-state index contributed by atoms with van der Waals surface area (Å²) < 4.78 is 13.2. The van der Waals surface area contributed by atoms with E-state index in [1.807, 2.05) is 22.2 Å². The Hall–Kier alpha value is -2.94. The average molecular weight is 368 g/mol. The van der Waals surface area contributed by atoms with Crippen molar-refractivity contribution in [1.82, 2.24) is 24.7 Å². The Morgan fingerprint density at radius 1 is 1.27 bits per heavy atom. The van der Waals surface area contributed by atoms with Gasteiger partial charge in [0.25, 0.3) is 11.8 Å². The summed E-state index contributed by atoms with van der Waals surface area (Å²) in [6.07, 6.45) is 7.71. The number of oxazole rings is 1. The number of hydrogen-bond acceptors (Lipinski definition) is 8. The second-order valence-corrected chi connectivity index (χ2v) is 7.13. The second kappa shape index (κ2) is 6.10. The van der Waals surface area contributed by atoms with Gasteiger partial charge < -0.3 is 14.9 Å². The highest BCUT2D eigenvalue weighted by Crippen LogP contribution is 2.35. The maximum atomic E-state index is 5.80. The van der Waals surface area contributed by atoms with Gasteiger partial charge in [0.15, 0.2) is 22.7 Å². The van der Waals surface area contributed by atoms with Gasteiger partial charge >= 0.3 is 0 Å². The van der Waals surface area contributed by atoms with Gasteiger partial charge in [-0.1, -0.05) is 12.8 Å². The van der Waals surface area contributed by atoms with Crippen molar-refractivity contribution in [3.8, 4) is 22.5 Å². The molecule has 26 heavy (non-hydrogen) atoms. The first-order chi connectivity index (χ1) is 12.8. The van der Waals surface area contributed by atoms with Crippen molar-refractivity contribution in [2.45, 2.75) is 31.7 Å². The van der Waals surface area contributed by atoms with E-state index in [2.05, 4.69) is 15.0 Å². The average Bonchev–Trinajstić information content (AvgIpc) is 3.42. The predicted molar refractivity (Wildman–Crippen MR) is 97.1 cm³/mol. The normalized spacial score (nSPS) is 15.1. The summed E-state index contributed by atoms with van der Waals surface area (Å²) in [6.45, 7) is 0. The van der Waals surface area contributed by atoms with Crippen LogP contribution >= 0.6 is 11.3 Å². The van der Waals surface area contributed by atoms with Crippen LogP contribution in [0.4, 0.5) is 5.95 Å². The van der Waals surface area contributed by atoms with Crippen molar-refractivity contribution in [3.05, 3.63) is 30.0 Å². The Morgan fingerprint density at radius 2 is 2.15 bits per heavy atom. The lowest BCUT2D eigenvalue weighted by Crippen LogP contribution is -2.08. The van der Waals surface area contributed by atoms with Crippen LogP contribution in [0.5, 0.6) is 10.9 Å². The molecule has 5 rings (SSSR count). The molecule has 1 aliphatic carbocycles. The van der Waals surface area contributed by atoms with Crippen LogP contribution in [0.15, 0.2) is 34.4 Å². The fourth-order valence-corrected chi connectivity index (χ4v) is 3.92. The first-order valence-corrected chi connectivity index (χ1v) is 9.34. The minimum atomic E-state index is 0.234. The monoisotopic (exact) mass is 368 g/mol. The van der Waals surface area contributed by atoms with E-state index in [0.29, 0.717) is 23.5 Å². The number of aromatic nitrogens is 5. The zero-order valence-corrected chi connectivity index (χ0v) is 14.6. The van der Waals surface area contributed by atoms with Gasteiger partial charge in [-0.15, -0.1) is 11.3 Å². The third-order valence-corrected chi connectivity index (χ3v) is 5.27. The predicted octanol–water partition coefficient (Wildman–Crippen LogP) is 4.03. The zero-order valence-electron chi connectivity index (χ0n) is 13.8. The van der Waals surface area contributed by atoms with Gasteiger partial charge in [0.2, 0.25) is 5.95 Å². The summed E-state index contributed by atoms with van der Waals surface area (Å²) in [5.41, 5.74) is 7.12. The second-order valence-electron chi connectivity index (χ2n) is 6.22. The van der Waals surface area contributed by atoms with E-state index < -0.39 is 0 Å². The fraction of sp³-hybridized carbons (Fsp3) is 0.294. The molecule has 4 aromatic heterocycles. The number of ether oxygens (including phenoxy) is 1. The minimum Gasteiger partial charge on any atom is -0.439 e. The van der Waals surface area contributed by atoms with Gasteiger partial charge in [0.05, 0.1) is 11.4 Å². The Bertz CT molecular complexity index is 1050. The van der Waals surface area contributed by atoms with E-state index >= 15 is 0 Å². The third-order valence-electron chi connectivity index (χ3n) is 4.52. The smallest absolute Gasteiger partial charge is 0.259 e. The number of hydrogen-bond donors (Lipinski definition) is 1. The highest BCUT2D eigenvalue weighted by atomic mass is 32.1. The van der Waals surface area contributed by atoms with Crippen LogP contribution in [0.25, 0.3) is 22.6 Å². The summed E-state index contributed by atoms with van der Waals surface area (Å²) in [5, 5.41) is 8.21. The van der Waals surface area contributed by atoms with Crippen molar-refractivity contribution >= 4 is 28.3 Å². The maximum Gasteiger partial charge on any atom is 0.259 e. The van der Waals surface area contributed by atoms with Crippen LogP contribution in [0.1, 0.15) is 31.7 Å². The molecule has 0 aromatic carbocycles. The molecule has 0 unspecified atom stereocenters. The highest BCUT2D eigenvalue weighted by molar-refractivity contribution is 7.11. The summed E-state index contributed by atoms with van der Waals surface area (Å²) in [5.74, 6) is 1.01. The lowest BCUT2D eigenvalue weighted by molar-refractivity contribution is 0.469. The first-order valence-electron chi connectivity index (χ1n) is 8.46. The van der Waals surface area contributed by atoms with Gasteiger partial charge in [-0.3, -0.25) is 0 Å². The molecule has 1 aliphatic rings. The van der Waals surface area contributed by atoms with Crippen molar-refractivity contribution < 1.29 is 9.15 Å². The Labute approximate surface area is 152 Å². The Morgan fingerprint density at radius 3 is 2.96 bits per heavy atom. The number of anilines is 1. The van der Waals surface area contributed by atoms with Crippen molar-refractivity contribution in [3.63, 3.8) is 0 Å². The number of nitrogen functional groups attached to an aromatic ring is 1. The molecule has 0 atom stereocenters. The van der Waals surface area contributed by atoms with E-state index in [-0.39, 0.29) is 5.95 Å². The molecule has 1 fully saturated rings. The highest BCUT2D eigenvalue weighted by Gasteiger charge is 2.25. The summed E-state index contributed by atoms with van der Waals surface area (Å²) in [7, 11) is 0. The van der Waals surface area contributed by atoms with Crippen LogP contribution in [0.2, 0.25) is 0 Å². The molecule has 132 valence electrons. The molecule has 2 N–H and O–H groups in total. The Kier molecular flexibility index (Phi) is 3.59. The summed E-state index contributed by atoms with van der Waals surface area (Å²) >= 11 is 1.49. The number of nitrogens with zero attached hydrogens (tertiary/aromatic N) is 5. The number of thiophene rings is 1. The van der Waals surface area contributed by atoms with Gasteiger partial charge in [-0.25, -0.2) is 9.67 Å². The molecule has 0 aliphatic heterocycles. The molecule has 9 heteroatoms. The summed E-state index contributed by atoms with van der Waals surface area (Å²) in [6, 6.07) is 4.11. The Balaban J connectivity index is 1.57. The topological polar surface area (TPSA) is 105 Å². The zero-order chi connectivity index (χ0) is 17.5. The van der Waals surface area contributed by atoms with Crippen molar-refractivity contribution in [2.24, 2.45) is 0 Å². The van der Waals surface area contributed by atoms with Gasteiger partial charge in [-0.2, -0.15) is 15.1 Å². The maximum absolute atomic E-state index is 5.80. The molecule has 0 radical (unpaired) electrons. The van der Waals surface area contributed by atoms with E-state index in [4.69, 9.17) is 20.0 Å². The molecule has 0 amide bonds. The van der Waals surface area contributed by atoms with E-state index in [1.165, 1.54) is 30.4 Å². The first kappa shape index (κ1) is 15.3.